The number of rotatable bonds is 1. The number of thiazole rings is 1. The molecular weight excluding hydrogens is 292 g/mol. The Hall–Kier alpha value is -1.57. The highest BCUT2D eigenvalue weighted by atomic mass is 32.1. The molecule has 1 aromatic carbocycles. The van der Waals surface area contributed by atoms with Crippen molar-refractivity contribution in [1.82, 2.24) is 4.98 Å². The van der Waals surface area contributed by atoms with Crippen LogP contribution < -0.4 is 0 Å². The van der Waals surface area contributed by atoms with E-state index in [1.165, 1.54) is 6.20 Å². The predicted octanol–water partition coefficient (Wildman–Crippen LogP) is 4.65. The Labute approximate surface area is 107 Å². The minimum Gasteiger partial charge on any atom is -0.244 e. The molecule has 0 N–H and O–H groups in total. The van der Waals surface area contributed by atoms with E-state index in [1.54, 1.807) is 0 Å². The summed E-state index contributed by atoms with van der Waals surface area (Å²) >= 11 is 0.924. The van der Waals surface area contributed by atoms with Gasteiger partial charge in [-0.15, -0.1) is 11.3 Å². The fraction of sp³-hybridized carbons (Fsp3) is 0.182. The van der Waals surface area contributed by atoms with Crippen molar-refractivity contribution in [2.24, 2.45) is 0 Å². The van der Waals surface area contributed by atoms with Gasteiger partial charge in [0.2, 0.25) is 0 Å². The van der Waals surface area contributed by atoms with Crippen molar-refractivity contribution in [3.63, 3.8) is 0 Å². The van der Waals surface area contributed by atoms with Crippen molar-refractivity contribution < 1.29 is 26.3 Å². The van der Waals surface area contributed by atoms with E-state index >= 15 is 0 Å². The summed E-state index contributed by atoms with van der Waals surface area (Å²) in [4.78, 5) is 3.72. The molecule has 19 heavy (non-hydrogen) atoms. The van der Waals surface area contributed by atoms with E-state index in [9.17, 15) is 26.3 Å². The van der Waals surface area contributed by atoms with Crippen LogP contribution in [0.4, 0.5) is 26.3 Å². The molecule has 1 heterocycles. The summed E-state index contributed by atoms with van der Waals surface area (Å²) in [5.41, 5.74) is -3.44. The van der Waals surface area contributed by atoms with Gasteiger partial charge in [-0.25, -0.2) is 4.98 Å². The van der Waals surface area contributed by atoms with Crippen LogP contribution in [0.2, 0.25) is 0 Å². The van der Waals surface area contributed by atoms with E-state index in [1.807, 2.05) is 0 Å². The van der Waals surface area contributed by atoms with Gasteiger partial charge in [-0.3, -0.25) is 0 Å². The maximum Gasteiger partial charge on any atom is 0.417 e. The van der Waals surface area contributed by atoms with Crippen molar-refractivity contribution >= 4 is 11.3 Å². The second-order valence-electron chi connectivity index (χ2n) is 3.54. The molecule has 0 aliphatic rings. The highest BCUT2D eigenvalue weighted by Gasteiger charge is 2.43. The number of hydrogen-bond donors (Lipinski definition) is 0. The third-order valence-electron chi connectivity index (χ3n) is 2.27. The molecule has 0 spiro atoms. The molecule has 0 unspecified atom stereocenters. The summed E-state index contributed by atoms with van der Waals surface area (Å²) in [6.07, 6.45) is -8.90. The van der Waals surface area contributed by atoms with Crippen LogP contribution in [0.25, 0.3) is 10.6 Å². The average molecular weight is 296 g/mol. The number of halogens is 6. The van der Waals surface area contributed by atoms with Crippen LogP contribution in [0.3, 0.4) is 0 Å². The average Bonchev–Trinajstić information content (AvgIpc) is 2.79. The Morgan fingerprint density at radius 3 is 2.05 bits per heavy atom. The first-order chi connectivity index (χ1) is 8.69. The van der Waals surface area contributed by atoms with Crippen molar-refractivity contribution in [3.8, 4) is 10.6 Å². The van der Waals surface area contributed by atoms with E-state index in [-0.39, 0.29) is 10.6 Å². The number of hydrogen-bond acceptors (Lipinski definition) is 2. The molecule has 0 bridgehead atoms. The lowest BCUT2D eigenvalue weighted by Gasteiger charge is -2.16. The Morgan fingerprint density at radius 1 is 0.947 bits per heavy atom. The van der Waals surface area contributed by atoms with Crippen molar-refractivity contribution in [3.05, 3.63) is 40.9 Å². The topological polar surface area (TPSA) is 12.9 Å². The number of nitrogens with zero attached hydrogens (tertiary/aromatic N) is 1. The normalized spacial score (nSPS) is 12.7. The molecule has 0 atom stereocenters. The first kappa shape index (κ1) is 13.9. The maximum absolute atomic E-state index is 12.7. The third-order valence-corrected chi connectivity index (χ3v) is 3.03. The summed E-state index contributed by atoms with van der Waals surface area (Å²) in [6, 6.07) is 1.83. The minimum absolute atomic E-state index is 0.0217. The zero-order valence-corrected chi connectivity index (χ0v) is 9.75. The Kier molecular flexibility index (Phi) is 3.29. The second kappa shape index (κ2) is 4.52. The van der Waals surface area contributed by atoms with E-state index in [0.29, 0.717) is 12.1 Å². The first-order valence-corrected chi connectivity index (χ1v) is 5.62. The zero-order valence-electron chi connectivity index (χ0n) is 8.93. The molecule has 8 heteroatoms. The van der Waals surface area contributed by atoms with Crippen LogP contribution >= 0.6 is 11.3 Å². The first-order valence-electron chi connectivity index (χ1n) is 4.80. The van der Waals surface area contributed by atoms with Gasteiger partial charge >= 0.3 is 12.4 Å². The largest absolute Gasteiger partial charge is 0.417 e. The highest BCUT2D eigenvalue weighted by molar-refractivity contribution is 7.12. The molecule has 1 nitrogen and oxygen atoms in total. The Bertz CT molecular complexity index is 570. The van der Waals surface area contributed by atoms with Gasteiger partial charge in [0.15, 0.2) is 0 Å². The fourth-order valence-electron chi connectivity index (χ4n) is 1.49. The molecule has 0 aliphatic heterocycles. The quantitative estimate of drug-likeness (QED) is 0.698. The van der Waals surface area contributed by atoms with Crippen molar-refractivity contribution in [2.75, 3.05) is 0 Å². The number of alkyl halides is 6. The molecule has 0 saturated heterocycles. The van der Waals surface area contributed by atoms with Gasteiger partial charge in [0.1, 0.15) is 5.01 Å². The molecule has 0 amide bonds. The summed E-state index contributed by atoms with van der Waals surface area (Å²) < 4.78 is 75.6. The molecule has 2 rings (SSSR count). The van der Waals surface area contributed by atoms with Crippen LogP contribution in [0.5, 0.6) is 0 Å². The van der Waals surface area contributed by atoms with Crippen molar-refractivity contribution in [1.29, 1.82) is 0 Å². The predicted molar refractivity (Wildman–Crippen MR) is 56.4 cm³/mol. The Balaban J connectivity index is 2.61. The van der Waals surface area contributed by atoms with E-state index in [0.717, 1.165) is 17.4 Å². The van der Waals surface area contributed by atoms with Crippen LogP contribution in [-0.4, -0.2) is 4.98 Å². The summed E-state index contributed by atoms with van der Waals surface area (Å²) in [5, 5.41) is 2.74. The van der Waals surface area contributed by atoms with Gasteiger partial charge in [-0.05, 0) is 12.1 Å². The van der Waals surface area contributed by atoms with E-state index in [2.05, 4.69) is 10.4 Å². The van der Waals surface area contributed by atoms with E-state index < -0.39 is 23.5 Å². The molecule has 2 aromatic rings. The highest BCUT2D eigenvalue weighted by Crippen LogP contribution is 2.42. The summed E-state index contributed by atoms with van der Waals surface area (Å²) in [5.74, 6) is 0. The minimum atomic E-state index is -5.08. The van der Waals surface area contributed by atoms with Gasteiger partial charge in [-0.2, -0.15) is 26.3 Å². The molecule has 0 aliphatic carbocycles. The van der Waals surface area contributed by atoms with Gasteiger partial charge in [-0.1, -0.05) is 6.07 Å². The molecule has 0 fully saturated rings. The number of aromatic nitrogens is 1. The van der Waals surface area contributed by atoms with E-state index in [4.69, 9.17) is 0 Å². The number of benzene rings is 1. The van der Waals surface area contributed by atoms with Crippen LogP contribution in [0.1, 0.15) is 11.1 Å². The third kappa shape index (κ3) is 2.89. The van der Waals surface area contributed by atoms with Gasteiger partial charge < -0.3 is 0 Å². The monoisotopic (exact) mass is 296 g/mol. The SMILES string of the molecule is FC(F)(F)c1ccc(-c2nc[c]s2)cc1C(F)(F)F. The maximum atomic E-state index is 12.7. The summed E-state index contributed by atoms with van der Waals surface area (Å²) in [6.45, 7) is 0. The smallest absolute Gasteiger partial charge is 0.244 e. The zero-order chi connectivity index (χ0) is 14.3. The lowest BCUT2D eigenvalue weighted by molar-refractivity contribution is -0.162. The molecule has 1 aromatic heterocycles. The van der Waals surface area contributed by atoms with Crippen LogP contribution in [-0.2, 0) is 12.4 Å². The molecular formula is C11H4F6NS. The molecule has 0 saturated carbocycles. The van der Waals surface area contributed by atoms with Crippen LogP contribution in [0.15, 0.2) is 24.4 Å². The van der Waals surface area contributed by atoms with Crippen LogP contribution in [0, 0.1) is 5.38 Å². The molecule has 101 valence electrons. The summed E-state index contributed by atoms with van der Waals surface area (Å²) in [7, 11) is 0. The molecule has 1 radical (unpaired) electrons. The van der Waals surface area contributed by atoms with Gasteiger partial charge in [0, 0.05) is 11.8 Å². The van der Waals surface area contributed by atoms with Crippen molar-refractivity contribution in [2.45, 2.75) is 12.4 Å². The lowest BCUT2D eigenvalue weighted by Crippen LogP contribution is -2.16. The fourth-order valence-corrected chi connectivity index (χ4v) is 2.05. The van der Waals surface area contributed by atoms with Gasteiger partial charge in [0.05, 0.1) is 16.5 Å². The Morgan fingerprint density at radius 2 is 1.58 bits per heavy atom. The second-order valence-corrected chi connectivity index (χ2v) is 4.37. The lowest BCUT2D eigenvalue weighted by atomic mass is 10.0. The standard InChI is InChI=1S/C11H4F6NS/c12-10(13,14)7-2-1-6(9-18-3-4-19-9)5-8(7)11(15,16)17/h1-3,5H. The van der Waals surface area contributed by atoms with Gasteiger partial charge in [0.25, 0.3) is 0 Å².